The summed E-state index contributed by atoms with van der Waals surface area (Å²) in [5.41, 5.74) is 13.1. The lowest BCUT2D eigenvalue weighted by Gasteiger charge is -2.45. The topological polar surface area (TPSA) is 3.24 Å². The van der Waals surface area contributed by atoms with Crippen LogP contribution >= 0.6 is 0 Å². The number of aryl methyl sites for hydroxylation is 1. The van der Waals surface area contributed by atoms with Gasteiger partial charge in [0.25, 0.3) is 0 Å². The average molecular weight is 622 g/mol. The molecule has 0 saturated heterocycles. The van der Waals surface area contributed by atoms with E-state index in [1.807, 2.05) is 0 Å². The lowest BCUT2D eigenvalue weighted by Crippen LogP contribution is -2.35. The van der Waals surface area contributed by atoms with Gasteiger partial charge in [-0.25, -0.2) is 0 Å². The predicted molar refractivity (Wildman–Crippen MR) is 207 cm³/mol. The molecule has 0 spiro atoms. The summed E-state index contributed by atoms with van der Waals surface area (Å²) in [5, 5.41) is 5.15. The maximum atomic E-state index is 2.52. The number of rotatable bonds is 5. The first-order chi connectivity index (χ1) is 23.2. The first-order valence-electron chi connectivity index (χ1n) is 17.3. The molecule has 48 heavy (non-hydrogen) atoms. The molecule has 1 aliphatic carbocycles. The summed E-state index contributed by atoms with van der Waals surface area (Å²) in [5.74, 6) is 0. The molecule has 0 aromatic heterocycles. The van der Waals surface area contributed by atoms with Gasteiger partial charge >= 0.3 is 0 Å². The largest absolute Gasteiger partial charge is 0.310 e. The van der Waals surface area contributed by atoms with Gasteiger partial charge in [0.05, 0.1) is 5.69 Å². The number of hydrogen-bond acceptors (Lipinski definition) is 1. The van der Waals surface area contributed by atoms with Crippen LogP contribution in [0.2, 0.25) is 0 Å². The third kappa shape index (κ3) is 5.10. The number of nitrogens with zero attached hydrogens (tertiary/aromatic N) is 1. The molecule has 1 nitrogen and oxygen atoms in total. The first kappa shape index (κ1) is 30.2. The fourth-order valence-electron chi connectivity index (χ4n) is 8.04. The second-order valence-corrected chi connectivity index (χ2v) is 14.9. The van der Waals surface area contributed by atoms with Crippen LogP contribution in [0.3, 0.4) is 0 Å². The van der Waals surface area contributed by atoms with Gasteiger partial charge in [-0.3, -0.25) is 0 Å². The fourth-order valence-corrected chi connectivity index (χ4v) is 8.04. The number of fused-ring (bicyclic) bond motifs is 4. The molecule has 0 fully saturated rings. The molecule has 0 unspecified atom stereocenters. The van der Waals surface area contributed by atoms with E-state index in [9.17, 15) is 0 Å². The molecule has 0 N–H and O–H groups in total. The van der Waals surface area contributed by atoms with E-state index in [2.05, 4.69) is 185 Å². The molecule has 0 atom stereocenters. The monoisotopic (exact) mass is 621 g/mol. The van der Waals surface area contributed by atoms with Gasteiger partial charge in [-0.05, 0) is 121 Å². The summed E-state index contributed by atoms with van der Waals surface area (Å²) in [6.45, 7) is 12.0. The smallest absolute Gasteiger partial charge is 0.0531 e. The third-order valence-corrected chi connectivity index (χ3v) is 10.8. The molecule has 0 aliphatic heterocycles. The van der Waals surface area contributed by atoms with Gasteiger partial charge in [-0.1, -0.05) is 143 Å². The van der Waals surface area contributed by atoms with Crippen molar-refractivity contribution in [2.45, 2.75) is 58.3 Å². The van der Waals surface area contributed by atoms with E-state index < -0.39 is 0 Å². The van der Waals surface area contributed by atoms with Gasteiger partial charge in [0.15, 0.2) is 0 Å². The van der Waals surface area contributed by atoms with Gasteiger partial charge < -0.3 is 4.90 Å². The van der Waals surface area contributed by atoms with Crippen molar-refractivity contribution in [3.05, 3.63) is 162 Å². The lowest BCUT2D eigenvalue weighted by molar-refractivity contribution is 0.332. The van der Waals surface area contributed by atoms with E-state index in [-0.39, 0.29) is 10.8 Å². The minimum Gasteiger partial charge on any atom is -0.310 e. The maximum absolute atomic E-state index is 2.52. The summed E-state index contributed by atoms with van der Waals surface area (Å²) in [6.07, 6.45) is 2.36. The molecule has 8 rings (SSSR count). The molecule has 0 bridgehead atoms. The summed E-state index contributed by atoms with van der Waals surface area (Å²) in [6, 6.07) is 53.7. The quantitative estimate of drug-likeness (QED) is 0.173. The van der Waals surface area contributed by atoms with Crippen LogP contribution in [0.1, 0.15) is 57.2 Å². The molecule has 0 radical (unpaired) electrons. The molecule has 0 heterocycles. The Kier molecular flexibility index (Phi) is 7.26. The highest BCUT2D eigenvalue weighted by atomic mass is 15.1. The molecule has 1 aliphatic rings. The van der Waals surface area contributed by atoms with Crippen molar-refractivity contribution >= 4 is 38.6 Å². The second kappa shape index (κ2) is 11.5. The highest BCUT2D eigenvalue weighted by Gasteiger charge is 2.40. The highest BCUT2D eigenvalue weighted by Crippen LogP contribution is 2.53. The van der Waals surface area contributed by atoms with Crippen LogP contribution in [-0.2, 0) is 10.8 Å². The van der Waals surface area contributed by atoms with Crippen molar-refractivity contribution in [1.82, 2.24) is 0 Å². The van der Waals surface area contributed by atoms with Crippen LogP contribution in [-0.4, -0.2) is 0 Å². The SMILES string of the molecule is Cc1ccc2c(c1N(c1ccc(-c3ccccc3)cc1)c1ccc(-c3cc4ccccc4c4ccccc34)cc1)C(C)(C)CCC2(C)C. The third-order valence-electron chi connectivity index (χ3n) is 10.8. The number of hydrogen-bond donors (Lipinski definition) is 0. The van der Waals surface area contributed by atoms with Gasteiger partial charge in [0.2, 0.25) is 0 Å². The van der Waals surface area contributed by atoms with Gasteiger partial charge in [-0.15, -0.1) is 0 Å². The Morgan fingerprint density at radius 3 is 1.71 bits per heavy atom. The molecule has 236 valence electrons. The summed E-state index contributed by atoms with van der Waals surface area (Å²) in [7, 11) is 0. The van der Waals surface area contributed by atoms with Crippen molar-refractivity contribution in [2.24, 2.45) is 0 Å². The number of anilines is 3. The first-order valence-corrected chi connectivity index (χ1v) is 17.3. The zero-order chi connectivity index (χ0) is 33.0. The van der Waals surface area contributed by atoms with Crippen LogP contribution in [0.4, 0.5) is 17.1 Å². The van der Waals surface area contributed by atoms with E-state index in [4.69, 9.17) is 0 Å². The highest BCUT2D eigenvalue weighted by molar-refractivity contribution is 6.13. The molecule has 0 amide bonds. The average Bonchev–Trinajstić information content (AvgIpc) is 3.11. The van der Waals surface area contributed by atoms with Gasteiger partial charge in [0, 0.05) is 11.4 Å². The lowest BCUT2D eigenvalue weighted by atomic mass is 9.62. The van der Waals surface area contributed by atoms with E-state index in [1.165, 1.54) is 84.0 Å². The van der Waals surface area contributed by atoms with Gasteiger partial charge in [-0.2, -0.15) is 0 Å². The molecular weight excluding hydrogens is 579 g/mol. The minimum absolute atomic E-state index is 0.0540. The van der Waals surface area contributed by atoms with E-state index in [0.29, 0.717) is 0 Å². The Balaban J connectivity index is 1.32. The summed E-state index contributed by atoms with van der Waals surface area (Å²) < 4.78 is 0. The molecule has 0 saturated carbocycles. The van der Waals surface area contributed by atoms with Gasteiger partial charge in [0.1, 0.15) is 0 Å². The molecule has 7 aromatic rings. The Labute approximate surface area is 285 Å². The zero-order valence-electron chi connectivity index (χ0n) is 28.7. The Bertz CT molecular complexity index is 2270. The van der Waals surface area contributed by atoms with Crippen LogP contribution in [0.5, 0.6) is 0 Å². The van der Waals surface area contributed by atoms with Crippen LogP contribution in [0.15, 0.2) is 146 Å². The zero-order valence-corrected chi connectivity index (χ0v) is 28.7. The van der Waals surface area contributed by atoms with E-state index >= 15 is 0 Å². The van der Waals surface area contributed by atoms with Crippen LogP contribution in [0, 0.1) is 6.92 Å². The van der Waals surface area contributed by atoms with Crippen molar-refractivity contribution in [2.75, 3.05) is 4.90 Å². The van der Waals surface area contributed by atoms with Crippen LogP contribution < -0.4 is 4.90 Å². The Hall–Kier alpha value is -5.14. The Morgan fingerprint density at radius 1 is 0.479 bits per heavy atom. The van der Waals surface area contributed by atoms with Crippen molar-refractivity contribution in [1.29, 1.82) is 0 Å². The van der Waals surface area contributed by atoms with Crippen molar-refractivity contribution in [3.8, 4) is 22.3 Å². The maximum Gasteiger partial charge on any atom is 0.0531 e. The summed E-state index contributed by atoms with van der Waals surface area (Å²) in [4.78, 5) is 2.52. The van der Waals surface area contributed by atoms with E-state index in [1.54, 1.807) is 0 Å². The van der Waals surface area contributed by atoms with Crippen molar-refractivity contribution in [3.63, 3.8) is 0 Å². The Morgan fingerprint density at radius 2 is 1.02 bits per heavy atom. The second-order valence-electron chi connectivity index (χ2n) is 14.9. The summed E-state index contributed by atoms with van der Waals surface area (Å²) >= 11 is 0. The molecular formula is C47H43N. The van der Waals surface area contributed by atoms with Crippen molar-refractivity contribution < 1.29 is 0 Å². The van der Waals surface area contributed by atoms with Crippen LogP contribution in [0.25, 0.3) is 43.8 Å². The minimum atomic E-state index is 0.0540. The standard InChI is InChI=1S/C47H43N/c1-32-19-28-43-44(47(4,5)30-29-46(43,2)3)45(32)48(37-24-20-34(21-25-37)33-13-7-6-8-14-33)38-26-22-35(23-27-38)42-31-36-15-9-10-16-39(36)40-17-11-12-18-41(40)42/h6-28,31H,29-30H2,1-5H3. The molecule has 1 heteroatoms. The normalized spacial score (nSPS) is 14.9. The predicted octanol–water partition coefficient (Wildman–Crippen LogP) is 13.5. The fraction of sp³-hybridized carbons (Fsp3) is 0.191. The number of benzene rings is 7. The molecule has 7 aromatic carbocycles. The van der Waals surface area contributed by atoms with E-state index in [0.717, 1.165) is 6.42 Å².